The van der Waals surface area contributed by atoms with Gasteiger partial charge in [-0.3, -0.25) is 5.32 Å². The molecule has 5 heteroatoms. The van der Waals surface area contributed by atoms with Crippen LogP contribution in [0.2, 0.25) is 0 Å². The largest absolute Gasteiger partial charge is 0.331 e. The molecule has 0 saturated heterocycles. The van der Waals surface area contributed by atoms with Crippen molar-refractivity contribution in [1.82, 2.24) is 14.7 Å². The fourth-order valence-corrected chi connectivity index (χ4v) is 2.44. The molecule has 0 unspecified atom stereocenters. The lowest BCUT2D eigenvalue weighted by atomic mass is 9.96. The van der Waals surface area contributed by atoms with Crippen LogP contribution in [0.4, 0.5) is 10.6 Å². The van der Waals surface area contributed by atoms with Crippen molar-refractivity contribution in [2.75, 3.05) is 19.4 Å². The third kappa shape index (κ3) is 2.83. The van der Waals surface area contributed by atoms with Crippen LogP contribution in [0.15, 0.2) is 6.07 Å². The molecule has 18 heavy (non-hydrogen) atoms. The Morgan fingerprint density at radius 1 is 1.39 bits per heavy atom. The van der Waals surface area contributed by atoms with Gasteiger partial charge in [0.25, 0.3) is 0 Å². The maximum absolute atomic E-state index is 11.7. The number of hydrogen-bond acceptors (Lipinski definition) is 2. The molecule has 0 atom stereocenters. The molecule has 0 radical (unpaired) electrons. The topological polar surface area (TPSA) is 50.2 Å². The van der Waals surface area contributed by atoms with Gasteiger partial charge in [-0.05, 0) is 19.8 Å². The highest BCUT2D eigenvalue weighted by Crippen LogP contribution is 2.30. The minimum atomic E-state index is -0.105. The maximum atomic E-state index is 11.7. The first-order valence-electron chi connectivity index (χ1n) is 6.62. The number of rotatable bonds is 2. The number of anilines is 1. The number of carbonyl (C=O) groups is 1. The molecule has 0 aromatic carbocycles. The summed E-state index contributed by atoms with van der Waals surface area (Å²) in [6, 6.07) is 2.27. The van der Waals surface area contributed by atoms with Crippen LogP contribution in [0.3, 0.4) is 0 Å². The minimum Gasteiger partial charge on any atom is -0.331 e. The van der Waals surface area contributed by atoms with Crippen molar-refractivity contribution >= 4 is 11.8 Å². The van der Waals surface area contributed by atoms with E-state index in [2.05, 4.69) is 10.4 Å². The normalized spacial score (nSPS) is 16.6. The lowest BCUT2D eigenvalue weighted by molar-refractivity contribution is 0.230. The summed E-state index contributed by atoms with van der Waals surface area (Å²) in [6.45, 7) is 1.96. The molecular weight excluding hydrogens is 228 g/mol. The number of amides is 2. The quantitative estimate of drug-likeness (QED) is 0.877. The lowest BCUT2D eigenvalue weighted by Crippen LogP contribution is -2.29. The SMILES string of the molecule is Cc1cc(NC(=O)N(C)C)n(C2CCCCC2)n1. The van der Waals surface area contributed by atoms with Gasteiger partial charge in [0.2, 0.25) is 0 Å². The van der Waals surface area contributed by atoms with Gasteiger partial charge in [-0.1, -0.05) is 19.3 Å². The number of nitrogens with one attached hydrogen (secondary N) is 1. The molecule has 0 spiro atoms. The summed E-state index contributed by atoms with van der Waals surface area (Å²) in [6.07, 6.45) is 6.14. The first-order chi connectivity index (χ1) is 8.58. The summed E-state index contributed by atoms with van der Waals surface area (Å²) < 4.78 is 2.00. The number of nitrogens with zero attached hydrogens (tertiary/aromatic N) is 3. The molecule has 1 aromatic heterocycles. The standard InChI is InChI=1S/C13H22N4O/c1-10-9-12(14-13(18)16(2)3)17(15-10)11-7-5-4-6-8-11/h9,11H,4-8H2,1-3H3,(H,14,18). The van der Waals surface area contributed by atoms with Gasteiger partial charge in [0.05, 0.1) is 11.7 Å². The minimum absolute atomic E-state index is 0.105. The van der Waals surface area contributed by atoms with Gasteiger partial charge in [-0.15, -0.1) is 0 Å². The first kappa shape index (κ1) is 12.9. The van der Waals surface area contributed by atoms with Crippen LogP contribution < -0.4 is 5.32 Å². The van der Waals surface area contributed by atoms with Gasteiger partial charge in [0.1, 0.15) is 5.82 Å². The van der Waals surface area contributed by atoms with Crippen LogP contribution >= 0.6 is 0 Å². The van der Waals surface area contributed by atoms with Crippen LogP contribution in [0.1, 0.15) is 43.8 Å². The van der Waals surface area contributed by atoms with Gasteiger partial charge >= 0.3 is 6.03 Å². The molecule has 1 heterocycles. The highest BCUT2D eigenvalue weighted by Gasteiger charge is 2.20. The molecule has 1 fully saturated rings. The predicted molar refractivity (Wildman–Crippen MR) is 71.8 cm³/mol. The Balaban J connectivity index is 2.16. The van der Waals surface area contributed by atoms with Crippen molar-refractivity contribution in [3.8, 4) is 0 Å². The highest BCUT2D eigenvalue weighted by molar-refractivity contribution is 5.88. The maximum Gasteiger partial charge on any atom is 0.322 e. The molecule has 2 rings (SSSR count). The summed E-state index contributed by atoms with van der Waals surface area (Å²) in [4.78, 5) is 13.3. The summed E-state index contributed by atoms with van der Waals surface area (Å²) in [5.41, 5.74) is 0.953. The Morgan fingerprint density at radius 3 is 2.67 bits per heavy atom. The third-order valence-electron chi connectivity index (χ3n) is 3.42. The van der Waals surface area contributed by atoms with E-state index in [0.29, 0.717) is 6.04 Å². The van der Waals surface area contributed by atoms with E-state index in [-0.39, 0.29) is 6.03 Å². The molecule has 0 aliphatic heterocycles. The third-order valence-corrected chi connectivity index (χ3v) is 3.42. The monoisotopic (exact) mass is 250 g/mol. The Labute approximate surface area is 108 Å². The van der Waals surface area contributed by atoms with Gasteiger partial charge in [-0.25, -0.2) is 9.48 Å². The first-order valence-corrected chi connectivity index (χ1v) is 6.62. The number of aromatic nitrogens is 2. The molecular formula is C13H22N4O. The van der Waals surface area contributed by atoms with Gasteiger partial charge in [0, 0.05) is 20.2 Å². The average Bonchev–Trinajstić information content (AvgIpc) is 2.71. The second kappa shape index (κ2) is 5.42. The fraction of sp³-hybridized carbons (Fsp3) is 0.692. The zero-order valence-electron chi connectivity index (χ0n) is 11.4. The molecule has 1 aliphatic rings. The van der Waals surface area contributed by atoms with E-state index in [1.165, 1.54) is 24.2 Å². The molecule has 1 N–H and O–H groups in total. The molecule has 0 bridgehead atoms. The molecule has 1 aliphatic carbocycles. The Bertz CT molecular complexity index is 419. The zero-order chi connectivity index (χ0) is 13.1. The lowest BCUT2D eigenvalue weighted by Gasteiger charge is -2.24. The number of hydrogen-bond donors (Lipinski definition) is 1. The number of urea groups is 1. The molecule has 2 amide bonds. The number of aryl methyl sites for hydroxylation is 1. The second-order valence-corrected chi connectivity index (χ2v) is 5.23. The van der Waals surface area contributed by atoms with Crippen molar-refractivity contribution in [1.29, 1.82) is 0 Å². The van der Waals surface area contributed by atoms with Crippen LogP contribution in [0.25, 0.3) is 0 Å². The molecule has 1 saturated carbocycles. The van der Waals surface area contributed by atoms with Crippen LogP contribution in [0, 0.1) is 6.92 Å². The highest BCUT2D eigenvalue weighted by atomic mass is 16.2. The average molecular weight is 250 g/mol. The van der Waals surface area contributed by atoms with Crippen LogP contribution in [-0.4, -0.2) is 34.8 Å². The van der Waals surface area contributed by atoms with E-state index in [1.54, 1.807) is 14.1 Å². The molecule has 1 aromatic rings. The number of carbonyl (C=O) groups excluding carboxylic acids is 1. The van der Waals surface area contributed by atoms with Gasteiger partial charge < -0.3 is 4.90 Å². The van der Waals surface area contributed by atoms with Gasteiger partial charge in [0.15, 0.2) is 0 Å². The van der Waals surface area contributed by atoms with E-state index in [4.69, 9.17) is 0 Å². The fourth-order valence-electron chi connectivity index (χ4n) is 2.44. The molecule has 5 nitrogen and oxygen atoms in total. The summed E-state index contributed by atoms with van der Waals surface area (Å²) in [7, 11) is 3.48. The summed E-state index contributed by atoms with van der Waals surface area (Å²) >= 11 is 0. The predicted octanol–water partition coefficient (Wildman–Crippen LogP) is 2.79. The van der Waals surface area contributed by atoms with E-state index >= 15 is 0 Å². The van der Waals surface area contributed by atoms with E-state index < -0.39 is 0 Å². The summed E-state index contributed by atoms with van der Waals surface area (Å²) in [5.74, 6) is 0.818. The second-order valence-electron chi connectivity index (χ2n) is 5.23. The van der Waals surface area contributed by atoms with Crippen molar-refractivity contribution in [2.45, 2.75) is 45.1 Å². The Morgan fingerprint density at radius 2 is 2.06 bits per heavy atom. The van der Waals surface area contributed by atoms with Crippen molar-refractivity contribution < 1.29 is 4.79 Å². The zero-order valence-corrected chi connectivity index (χ0v) is 11.4. The molecule has 100 valence electrons. The van der Waals surface area contributed by atoms with Crippen molar-refractivity contribution in [2.24, 2.45) is 0 Å². The van der Waals surface area contributed by atoms with E-state index in [9.17, 15) is 4.79 Å². The Hall–Kier alpha value is -1.52. The smallest absolute Gasteiger partial charge is 0.322 e. The van der Waals surface area contributed by atoms with E-state index in [0.717, 1.165) is 24.4 Å². The van der Waals surface area contributed by atoms with Crippen LogP contribution in [0.5, 0.6) is 0 Å². The van der Waals surface area contributed by atoms with Gasteiger partial charge in [-0.2, -0.15) is 5.10 Å². The van der Waals surface area contributed by atoms with Crippen molar-refractivity contribution in [3.63, 3.8) is 0 Å². The van der Waals surface area contributed by atoms with E-state index in [1.807, 2.05) is 17.7 Å². The Kier molecular flexibility index (Phi) is 3.89. The van der Waals surface area contributed by atoms with Crippen molar-refractivity contribution in [3.05, 3.63) is 11.8 Å². The summed E-state index contributed by atoms with van der Waals surface area (Å²) in [5, 5.41) is 7.45. The van der Waals surface area contributed by atoms with Crippen LogP contribution in [-0.2, 0) is 0 Å².